The molecular weight excluding hydrogens is 603 g/mol. The van der Waals surface area contributed by atoms with Crippen LogP contribution in [0.1, 0.15) is 27.5 Å². The first-order valence-corrected chi connectivity index (χ1v) is 14.7. The van der Waals surface area contributed by atoms with Gasteiger partial charge in [-0.1, -0.05) is 71.6 Å². The molecule has 1 fully saturated rings. The van der Waals surface area contributed by atoms with E-state index in [0.29, 0.717) is 26.1 Å². The zero-order valence-corrected chi connectivity index (χ0v) is 23.9. The normalized spacial score (nSPS) is 19.6. The summed E-state index contributed by atoms with van der Waals surface area (Å²) >= 11 is 1.81. The van der Waals surface area contributed by atoms with Gasteiger partial charge < -0.3 is 15.0 Å². The molecular formula is C30H22F3N3O5S2. The molecule has 2 aliphatic rings. The second kappa shape index (κ2) is 11.0. The minimum Gasteiger partial charge on any atom is -0.483 e. The smallest absolute Gasteiger partial charge is 0.418 e. The van der Waals surface area contributed by atoms with Crippen LogP contribution in [-0.2, 0) is 20.6 Å². The summed E-state index contributed by atoms with van der Waals surface area (Å²) in [6.45, 7) is 1.47. The van der Waals surface area contributed by atoms with E-state index in [1.807, 2.05) is 19.1 Å². The Morgan fingerprint density at radius 2 is 1.67 bits per heavy atom. The largest absolute Gasteiger partial charge is 0.483 e. The Morgan fingerprint density at radius 3 is 2.44 bits per heavy atom. The first-order valence-electron chi connectivity index (χ1n) is 13.1. The summed E-state index contributed by atoms with van der Waals surface area (Å²) in [5.41, 5.74) is 0.243. The third-order valence-electron chi connectivity index (χ3n) is 7.31. The van der Waals surface area contributed by atoms with Crippen molar-refractivity contribution in [3.05, 3.63) is 104 Å². The Balaban J connectivity index is 1.37. The minimum atomic E-state index is -4.80. The standard InChI is InChI=1S/C30H22F3N3O5S2/c1-15-8-2-5-11-18(15)34-21(37)14-41-20-13-7-3-9-16(20)22-23-25(42-26-24(22)43-29(40)35-26)28(39)36(27(23)38)19-12-6-4-10-17(19)30(31,32)33/h2-13,22-23,25H,14H2,1H3,(H,34,37)(H,35,40). The maximum absolute atomic E-state index is 14.0. The van der Waals surface area contributed by atoms with Crippen LogP contribution in [-0.4, -0.2) is 34.6 Å². The molecule has 3 aromatic carbocycles. The first-order chi connectivity index (χ1) is 20.5. The molecule has 0 aliphatic carbocycles. The third-order valence-corrected chi connectivity index (χ3v) is 9.71. The number of imide groups is 1. The molecule has 220 valence electrons. The summed E-state index contributed by atoms with van der Waals surface area (Å²) in [7, 11) is 0. The summed E-state index contributed by atoms with van der Waals surface area (Å²) < 4.78 is 47.6. The number of thiazole rings is 1. The number of hydrogen-bond donors (Lipinski definition) is 2. The van der Waals surface area contributed by atoms with Gasteiger partial charge in [-0.25, -0.2) is 4.90 Å². The Bertz CT molecular complexity index is 1820. The van der Waals surface area contributed by atoms with Gasteiger partial charge in [0, 0.05) is 22.0 Å². The van der Waals surface area contributed by atoms with Crippen LogP contribution in [0.2, 0.25) is 0 Å². The van der Waals surface area contributed by atoms with Crippen LogP contribution in [0, 0.1) is 12.8 Å². The maximum Gasteiger partial charge on any atom is 0.418 e. The Morgan fingerprint density at radius 1 is 0.977 bits per heavy atom. The summed E-state index contributed by atoms with van der Waals surface area (Å²) in [5, 5.41) is 2.04. The van der Waals surface area contributed by atoms with Crippen molar-refractivity contribution in [3.8, 4) is 5.75 Å². The Kier molecular flexibility index (Phi) is 7.38. The van der Waals surface area contributed by atoms with Crippen LogP contribution >= 0.6 is 23.1 Å². The number of aromatic amines is 1. The van der Waals surface area contributed by atoms with Gasteiger partial charge in [-0.05, 0) is 36.8 Å². The highest BCUT2D eigenvalue weighted by Gasteiger charge is 2.57. The SMILES string of the molecule is Cc1ccccc1NC(=O)COc1ccccc1C1c2sc(=O)[nH]c2SC2C(=O)N(c3ccccc3C(F)(F)F)C(=O)C21. The van der Waals surface area contributed by atoms with Gasteiger partial charge in [0.2, 0.25) is 11.8 Å². The number of thioether (sulfide) groups is 1. The fraction of sp³-hybridized carbons (Fsp3) is 0.200. The topological polar surface area (TPSA) is 109 Å². The van der Waals surface area contributed by atoms with E-state index < -0.39 is 57.1 Å². The number of carbonyl (C=O) groups is 3. The van der Waals surface area contributed by atoms with Crippen molar-refractivity contribution in [2.24, 2.45) is 5.92 Å². The van der Waals surface area contributed by atoms with Gasteiger partial charge in [0.15, 0.2) is 6.61 Å². The molecule has 0 radical (unpaired) electrons. The molecule has 43 heavy (non-hydrogen) atoms. The number of para-hydroxylation sites is 3. The number of anilines is 2. The number of nitrogens with one attached hydrogen (secondary N) is 2. The number of amides is 3. The van der Waals surface area contributed by atoms with E-state index in [1.54, 1.807) is 36.4 Å². The second-order valence-electron chi connectivity index (χ2n) is 9.97. The van der Waals surface area contributed by atoms with E-state index in [0.717, 1.165) is 40.8 Å². The lowest BCUT2D eigenvalue weighted by atomic mass is 9.82. The molecule has 13 heteroatoms. The molecule has 1 aromatic heterocycles. The predicted molar refractivity (Wildman–Crippen MR) is 156 cm³/mol. The molecule has 6 rings (SSSR count). The number of aryl methyl sites for hydroxylation is 1. The van der Waals surface area contributed by atoms with Crippen molar-refractivity contribution in [1.82, 2.24) is 4.98 Å². The lowest BCUT2D eigenvalue weighted by Crippen LogP contribution is -2.33. The number of aromatic nitrogens is 1. The number of nitrogens with zero attached hydrogens (tertiary/aromatic N) is 1. The number of alkyl halides is 3. The van der Waals surface area contributed by atoms with Crippen LogP contribution in [0.25, 0.3) is 0 Å². The van der Waals surface area contributed by atoms with Gasteiger partial charge >= 0.3 is 11.0 Å². The van der Waals surface area contributed by atoms with Crippen molar-refractivity contribution in [2.75, 3.05) is 16.8 Å². The highest BCUT2D eigenvalue weighted by atomic mass is 32.2. The molecule has 2 aliphatic heterocycles. The van der Waals surface area contributed by atoms with Gasteiger partial charge in [0.1, 0.15) is 11.0 Å². The summed E-state index contributed by atoms with van der Waals surface area (Å²) in [6, 6.07) is 18.3. The van der Waals surface area contributed by atoms with Crippen molar-refractivity contribution in [1.29, 1.82) is 0 Å². The van der Waals surface area contributed by atoms with Gasteiger partial charge in [-0.3, -0.25) is 19.2 Å². The molecule has 2 N–H and O–H groups in total. The average Bonchev–Trinajstić information content (AvgIpc) is 3.47. The van der Waals surface area contributed by atoms with Crippen molar-refractivity contribution < 1.29 is 32.3 Å². The van der Waals surface area contributed by atoms with Crippen molar-refractivity contribution >= 4 is 52.2 Å². The molecule has 3 amide bonds. The van der Waals surface area contributed by atoms with E-state index in [4.69, 9.17) is 4.74 Å². The van der Waals surface area contributed by atoms with Crippen molar-refractivity contribution in [2.45, 2.75) is 29.3 Å². The first kappa shape index (κ1) is 28.7. The fourth-order valence-electron chi connectivity index (χ4n) is 5.41. The molecule has 0 saturated carbocycles. The molecule has 8 nitrogen and oxygen atoms in total. The van der Waals surface area contributed by atoms with Crippen LogP contribution in [0.4, 0.5) is 24.5 Å². The van der Waals surface area contributed by atoms with Crippen LogP contribution in [0.15, 0.2) is 82.6 Å². The minimum absolute atomic E-state index is 0.235. The van der Waals surface area contributed by atoms with Crippen molar-refractivity contribution in [3.63, 3.8) is 0 Å². The molecule has 3 atom stereocenters. The van der Waals surface area contributed by atoms with E-state index in [9.17, 15) is 32.3 Å². The Labute approximate surface area is 250 Å². The molecule has 3 heterocycles. The number of H-pyrrole nitrogens is 1. The number of ether oxygens (including phenoxy) is 1. The Hall–Kier alpha value is -4.36. The number of halogens is 3. The van der Waals surface area contributed by atoms with Gasteiger partial charge in [-0.2, -0.15) is 13.2 Å². The quantitative estimate of drug-likeness (QED) is 0.271. The number of carbonyl (C=O) groups excluding carboxylic acids is 3. The zero-order chi connectivity index (χ0) is 30.5. The van der Waals surface area contributed by atoms with E-state index >= 15 is 0 Å². The fourth-order valence-corrected chi connectivity index (χ4v) is 7.92. The van der Waals surface area contributed by atoms with E-state index in [-0.39, 0.29) is 12.4 Å². The lowest BCUT2D eigenvalue weighted by Gasteiger charge is -2.30. The molecule has 3 unspecified atom stereocenters. The highest BCUT2D eigenvalue weighted by molar-refractivity contribution is 8.00. The van der Waals surface area contributed by atoms with Crippen LogP contribution in [0.5, 0.6) is 5.75 Å². The van der Waals surface area contributed by atoms with E-state index in [1.165, 1.54) is 12.1 Å². The summed E-state index contributed by atoms with van der Waals surface area (Å²) in [5.74, 6) is -3.86. The zero-order valence-electron chi connectivity index (χ0n) is 22.3. The number of fused-ring (bicyclic) bond motifs is 2. The molecule has 0 spiro atoms. The highest BCUT2D eigenvalue weighted by Crippen LogP contribution is 2.55. The van der Waals surface area contributed by atoms with Gasteiger partial charge in [-0.15, -0.1) is 0 Å². The monoisotopic (exact) mass is 625 g/mol. The molecule has 4 aromatic rings. The summed E-state index contributed by atoms with van der Waals surface area (Å²) in [4.78, 5) is 56.2. The lowest BCUT2D eigenvalue weighted by molar-refractivity contribution is -0.137. The molecule has 1 saturated heterocycles. The van der Waals surface area contributed by atoms with E-state index in [2.05, 4.69) is 10.3 Å². The number of rotatable bonds is 6. The second-order valence-corrected chi connectivity index (χ2v) is 12.1. The average molecular weight is 626 g/mol. The van der Waals surface area contributed by atoms with Gasteiger partial charge in [0.25, 0.3) is 5.91 Å². The third kappa shape index (κ3) is 5.23. The molecule has 0 bridgehead atoms. The van der Waals surface area contributed by atoms with Crippen LogP contribution in [0.3, 0.4) is 0 Å². The summed E-state index contributed by atoms with van der Waals surface area (Å²) in [6.07, 6.45) is -4.80. The number of benzene rings is 3. The number of hydrogen-bond acceptors (Lipinski definition) is 7. The van der Waals surface area contributed by atoms with Gasteiger partial charge in [0.05, 0.1) is 22.2 Å². The maximum atomic E-state index is 14.0. The predicted octanol–water partition coefficient (Wildman–Crippen LogP) is 5.58. The van der Waals surface area contributed by atoms with Crippen LogP contribution < -0.4 is 19.8 Å².